The molecule has 0 bridgehead atoms. The smallest absolute Gasteiger partial charge is 0.251 e. The van der Waals surface area contributed by atoms with E-state index < -0.39 is 0 Å². The number of nitrogens with zero attached hydrogens (tertiary/aromatic N) is 1. The molecule has 0 radical (unpaired) electrons. The lowest BCUT2D eigenvalue weighted by molar-refractivity contribution is 0.0951. The Hall–Kier alpha value is -2.62. The molecule has 0 atom stereocenters. The fourth-order valence-corrected chi connectivity index (χ4v) is 4.33. The molecule has 4 heteroatoms. The predicted octanol–water partition coefficient (Wildman–Crippen LogP) is 5.72. The summed E-state index contributed by atoms with van der Waals surface area (Å²) in [5.74, 6) is 0.730. The number of carbonyl (C=O) groups excluding carboxylic acids is 1. The molecule has 3 nitrogen and oxygen atoms in total. The number of hydrogen-bond acceptors (Lipinski definition) is 2. The summed E-state index contributed by atoms with van der Waals surface area (Å²) in [6.45, 7) is 3.72. The van der Waals surface area contributed by atoms with Gasteiger partial charge in [0.1, 0.15) is 0 Å². The molecule has 1 fully saturated rings. The highest BCUT2D eigenvalue weighted by Gasteiger charge is 2.19. The van der Waals surface area contributed by atoms with Crippen LogP contribution in [0.25, 0.3) is 0 Å². The number of nitrogens with one attached hydrogen (secondary N) is 1. The molecule has 1 N–H and O–H groups in total. The Bertz CT molecular complexity index is 962. The Labute approximate surface area is 190 Å². The van der Waals surface area contributed by atoms with Crippen molar-refractivity contribution in [2.75, 3.05) is 13.1 Å². The van der Waals surface area contributed by atoms with Crippen LogP contribution in [0.5, 0.6) is 0 Å². The summed E-state index contributed by atoms with van der Waals surface area (Å²) < 4.78 is 0. The molecule has 0 unspecified atom stereocenters. The second-order valence-electron chi connectivity index (χ2n) is 8.42. The number of amides is 1. The second-order valence-corrected chi connectivity index (χ2v) is 8.85. The summed E-state index contributed by atoms with van der Waals surface area (Å²) in [6.07, 6.45) is 3.69. The summed E-state index contributed by atoms with van der Waals surface area (Å²) in [6, 6.07) is 26.3. The first-order chi connectivity index (χ1) is 15.2. The van der Waals surface area contributed by atoms with E-state index in [1.807, 2.05) is 36.4 Å². The number of rotatable bonds is 7. The number of halogens is 1. The third kappa shape index (κ3) is 6.43. The zero-order chi connectivity index (χ0) is 21.5. The van der Waals surface area contributed by atoms with E-state index in [2.05, 4.69) is 52.7 Å². The lowest BCUT2D eigenvalue weighted by Gasteiger charge is -2.32. The summed E-state index contributed by atoms with van der Waals surface area (Å²) in [5.41, 5.74) is 4.44. The zero-order valence-electron chi connectivity index (χ0n) is 17.8. The van der Waals surface area contributed by atoms with E-state index in [9.17, 15) is 4.79 Å². The number of piperidine rings is 1. The van der Waals surface area contributed by atoms with Gasteiger partial charge in [-0.25, -0.2) is 0 Å². The summed E-state index contributed by atoms with van der Waals surface area (Å²) in [4.78, 5) is 14.9. The van der Waals surface area contributed by atoms with Crippen LogP contribution >= 0.6 is 11.6 Å². The van der Waals surface area contributed by atoms with E-state index in [1.165, 1.54) is 30.4 Å². The van der Waals surface area contributed by atoms with Crippen LogP contribution in [0.4, 0.5) is 0 Å². The monoisotopic (exact) mass is 432 g/mol. The number of likely N-dealkylation sites (tertiary alicyclic amines) is 1. The van der Waals surface area contributed by atoms with Gasteiger partial charge < -0.3 is 5.32 Å². The summed E-state index contributed by atoms with van der Waals surface area (Å²) in [5, 5.41) is 3.67. The van der Waals surface area contributed by atoms with Crippen molar-refractivity contribution in [2.24, 2.45) is 5.92 Å². The molecular formula is C27H29ClN2O. The topological polar surface area (TPSA) is 32.3 Å². The number of hydrogen-bond donors (Lipinski definition) is 1. The molecule has 160 valence electrons. The molecule has 1 heterocycles. The first kappa shape index (κ1) is 21.6. The largest absolute Gasteiger partial charge is 0.348 e. The Balaban J connectivity index is 1.22. The van der Waals surface area contributed by atoms with E-state index in [-0.39, 0.29) is 5.91 Å². The maximum Gasteiger partial charge on any atom is 0.251 e. The van der Waals surface area contributed by atoms with E-state index in [4.69, 9.17) is 11.6 Å². The van der Waals surface area contributed by atoms with Gasteiger partial charge in [0, 0.05) is 23.7 Å². The fraction of sp³-hybridized carbons (Fsp3) is 0.296. The Morgan fingerprint density at radius 3 is 2.16 bits per heavy atom. The lowest BCUT2D eigenvalue weighted by atomic mass is 9.90. The van der Waals surface area contributed by atoms with Crippen LogP contribution in [-0.2, 0) is 19.5 Å². The molecule has 0 aromatic heterocycles. The standard InChI is InChI=1S/C27H29ClN2O/c28-26-12-8-23(9-13-26)19-29-27(31)25-10-6-24(7-11-25)20-30-16-14-22(15-17-30)18-21-4-2-1-3-5-21/h1-13,22H,14-20H2,(H,29,31). The van der Waals surface area contributed by atoms with Crippen LogP contribution in [0.15, 0.2) is 78.9 Å². The van der Waals surface area contributed by atoms with Gasteiger partial charge in [0.25, 0.3) is 5.91 Å². The van der Waals surface area contributed by atoms with Crippen LogP contribution < -0.4 is 5.32 Å². The van der Waals surface area contributed by atoms with Crippen molar-refractivity contribution in [2.45, 2.75) is 32.4 Å². The molecule has 1 aliphatic rings. The van der Waals surface area contributed by atoms with E-state index in [0.717, 1.165) is 31.1 Å². The minimum Gasteiger partial charge on any atom is -0.348 e. The van der Waals surface area contributed by atoms with Gasteiger partial charge in [-0.3, -0.25) is 9.69 Å². The van der Waals surface area contributed by atoms with Crippen molar-refractivity contribution in [3.63, 3.8) is 0 Å². The highest BCUT2D eigenvalue weighted by molar-refractivity contribution is 6.30. The highest BCUT2D eigenvalue weighted by atomic mass is 35.5. The number of carbonyl (C=O) groups is 1. The molecule has 3 aromatic carbocycles. The molecule has 1 amide bonds. The summed E-state index contributed by atoms with van der Waals surface area (Å²) in [7, 11) is 0. The molecule has 0 saturated carbocycles. The highest BCUT2D eigenvalue weighted by Crippen LogP contribution is 2.23. The van der Waals surface area contributed by atoms with E-state index >= 15 is 0 Å². The quantitative estimate of drug-likeness (QED) is 0.517. The first-order valence-electron chi connectivity index (χ1n) is 11.0. The maximum atomic E-state index is 12.4. The predicted molar refractivity (Wildman–Crippen MR) is 127 cm³/mol. The fourth-order valence-electron chi connectivity index (χ4n) is 4.20. The number of benzene rings is 3. The Morgan fingerprint density at radius 2 is 1.48 bits per heavy atom. The van der Waals surface area contributed by atoms with Gasteiger partial charge in [-0.15, -0.1) is 0 Å². The van der Waals surface area contributed by atoms with Gasteiger partial charge in [0.15, 0.2) is 0 Å². The van der Waals surface area contributed by atoms with Gasteiger partial charge in [-0.05, 0) is 79.2 Å². The van der Waals surface area contributed by atoms with Gasteiger partial charge in [0.05, 0.1) is 0 Å². The second kappa shape index (κ2) is 10.6. The molecule has 1 aliphatic heterocycles. The molecule has 1 saturated heterocycles. The van der Waals surface area contributed by atoms with Gasteiger partial charge in [-0.1, -0.05) is 66.2 Å². The van der Waals surface area contributed by atoms with E-state index in [1.54, 1.807) is 0 Å². The van der Waals surface area contributed by atoms with Gasteiger partial charge in [-0.2, -0.15) is 0 Å². The third-order valence-electron chi connectivity index (χ3n) is 6.06. The van der Waals surface area contributed by atoms with Gasteiger partial charge in [0.2, 0.25) is 0 Å². The average Bonchev–Trinajstić information content (AvgIpc) is 2.81. The zero-order valence-corrected chi connectivity index (χ0v) is 18.5. The molecule has 0 spiro atoms. The van der Waals surface area contributed by atoms with Gasteiger partial charge >= 0.3 is 0 Å². The molecule has 31 heavy (non-hydrogen) atoms. The molecular weight excluding hydrogens is 404 g/mol. The first-order valence-corrected chi connectivity index (χ1v) is 11.4. The van der Waals surface area contributed by atoms with Crippen LogP contribution in [0.2, 0.25) is 5.02 Å². The maximum absolute atomic E-state index is 12.4. The minimum atomic E-state index is -0.0526. The SMILES string of the molecule is O=C(NCc1ccc(Cl)cc1)c1ccc(CN2CCC(Cc3ccccc3)CC2)cc1. The van der Waals surface area contributed by atoms with Crippen molar-refractivity contribution in [3.8, 4) is 0 Å². The summed E-state index contributed by atoms with van der Waals surface area (Å²) >= 11 is 5.90. The molecule has 4 rings (SSSR count). The van der Waals surface area contributed by atoms with Crippen molar-refractivity contribution >= 4 is 17.5 Å². The van der Waals surface area contributed by atoms with Crippen molar-refractivity contribution < 1.29 is 4.79 Å². The average molecular weight is 433 g/mol. The third-order valence-corrected chi connectivity index (χ3v) is 6.31. The van der Waals surface area contributed by atoms with Crippen molar-refractivity contribution in [1.82, 2.24) is 10.2 Å². The van der Waals surface area contributed by atoms with Crippen molar-refractivity contribution in [1.29, 1.82) is 0 Å². The lowest BCUT2D eigenvalue weighted by Crippen LogP contribution is -2.33. The van der Waals surface area contributed by atoms with Crippen LogP contribution in [0.1, 0.15) is 39.9 Å². The van der Waals surface area contributed by atoms with Crippen molar-refractivity contribution in [3.05, 3.63) is 106 Å². The van der Waals surface area contributed by atoms with Crippen LogP contribution in [0.3, 0.4) is 0 Å². The molecule has 3 aromatic rings. The minimum absolute atomic E-state index is 0.0526. The molecule has 0 aliphatic carbocycles. The Morgan fingerprint density at radius 1 is 0.839 bits per heavy atom. The normalized spacial score (nSPS) is 15.0. The van der Waals surface area contributed by atoms with Crippen LogP contribution in [-0.4, -0.2) is 23.9 Å². The van der Waals surface area contributed by atoms with E-state index in [0.29, 0.717) is 17.1 Å². The van der Waals surface area contributed by atoms with Crippen LogP contribution in [0, 0.1) is 5.92 Å². The Kier molecular flexibility index (Phi) is 7.39.